The van der Waals surface area contributed by atoms with Crippen LogP contribution in [0.15, 0.2) is 48.8 Å². The van der Waals surface area contributed by atoms with Gasteiger partial charge in [0.2, 0.25) is 0 Å². The van der Waals surface area contributed by atoms with Gasteiger partial charge in [0.15, 0.2) is 0 Å². The maximum absolute atomic E-state index is 10.5. The van der Waals surface area contributed by atoms with Crippen LogP contribution in [-0.4, -0.2) is 25.2 Å². The molecule has 0 amide bonds. The van der Waals surface area contributed by atoms with Crippen LogP contribution in [0, 0.1) is 0 Å². The average Bonchev–Trinajstić information content (AvgIpc) is 2.91. The molecule has 0 fully saturated rings. The van der Waals surface area contributed by atoms with Gasteiger partial charge in [0.25, 0.3) is 0 Å². The summed E-state index contributed by atoms with van der Waals surface area (Å²) in [6.07, 6.45) is 3.36. The number of phenolic OH excluding ortho intramolecular Hbond substituents is 2. The van der Waals surface area contributed by atoms with Crippen LogP contribution in [0.2, 0.25) is 0 Å². The summed E-state index contributed by atoms with van der Waals surface area (Å²) in [4.78, 5) is 11.6. The Morgan fingerprint density at radius 1 is 1.00 bits per heavy atom. The molecule has 0 radical (unpaired) electrons. The van der Waals surface area contributed by atoms with Crippen molar-refractivity contribution in [2.24, 2.45) is 0 Å². The third kappa shape index (κ3) is 1.79. The van der Waals surface area contributed by atoms with Crippen molar-refractivity contribution in [1.29, 1.82) is 0 Å². The van der Waals surface area contributed by atoms with Crippen LogP contribution in [0.4, 0.5) is 0 Å². The molecule has 2 aromatic carbocycles. The Kier molecular flexibility index (Phi) is 2.35. The van der Waals surface area contributed by atoms with Gasteiger partial charge in [-0.3, -0.25) is 4.98 Å². The highest BCUT2D eigenvalue weighted by Crippen LogP contribution is 2.36. The molecule has 4 rings (SSSR count). The summed E-state index contributed by atoms with van der Waals surface area (Å²) in [5.41, 5.74) is 2.23. The molecule has 0 aliphatic rings. The highest BCUT2D eigenvalue weighted by molar-refractivity contribution is 5.95. The monoisotopic (exact) mass is 277 g/mol. The summed E-state index contributed by atoms with van der Waals surface area (Å²) in [6, 6.07) is 10.3. The van der Waals surface area contributed by atoms with E-state index in [9.17, 15) is 10.2 Å². The van der Waals surface area contributed by atoms with E-state index in [-0.39, 0.29) is 11.5 Å². The topological polar surface area (TPSA) is 82.0 Å². The van der Waals surface area contributed by atoms with Crippen molar-refractivity contribution in [3.8, 4) is 22.9 Å². The van der Waals surface area contributed by atoms with Crippen molar-refractivity contribution in [3.63, 3.8) is 0 Å². The van der Waals surface area contributed by atoms with Crippen LogP contribution in [0.3, 0.4) is 0 Å². The number of aromatic hydroxyl groups is 2. The third-order valence-corrected chi connectivity index (χ3v) is 3.52. The van der Waals surface area contributed by atoms with Crippen LogP contribution >= 0.6 is 0 Å². The Labute approximate surface area is 119 Å². The van der Waals surface area contributed by atoms with E-state index < -0.39 is 0 Å². The third-order valence-electron chi connectivity index (χ3n) is 3.52. The number of benzene rings is 2. The molecule has 2 aromatic heterocycles. The van der Waals surface area contributed by atoms with E-state index in [4.69, 9.17) is 0 Å². The first-order valence-electron chi connectivity index (χ1n) is 6.47. The van der Waals surface area contributed by atoms with Crippen LogP contribution in [0.1, 0.15) is 0 Å². The van der Waals surface area contributed by atoms with Crippen molar-refractivity contribution in [3.05, 3.63) is 48.8 Å². The Hall–Kier alpha value is -3.08. The highest BCUT2D eigenvalue weighted by Gasteiger charge is 2.12. The second-order valence-corrected chi connectivity index (χ2v) is 4.85. The minimum Gasteiger partial charge on any atom is -0.508 e. The molecule has 0 saturated carbocycles. The van der Waals surface area contributed by atoms with Gasteiger partial charge in [0, 0.05) is 11.6 Å². The Bertz CT molecular complexity index is 943. The van der Waals surface area contributed by atoms with Gasteiger partial charge in [-0.2, -0.15) is 0 Å². The van der Waals surface area contributed by atoms with Gasteiger partial charge in [-0.05, 0) is 35.7 Å². The fraction of sp³-hybridized carbons (Fsp3) is 0. The lowest BCUT2D eigenvalue weighted by molar-refractivity contribution is 0.475. The summed E-state index contributed by atoms with van der Waals surface area (Å²) in [5.74, 6) is 0.898. The van der Waals surface area contributed by atoms with Gasteiger partial charge in [-0.15, -0.1) is 0 Å². The zero-order valence-corrected chi connectivity index (χ0v) is 10.9. The van der Waals surface area contributed by atoms with Crippen LogP contribution in [0.25, 0.3) is 33.2 Å². The number of rotatable bonds is 1. The van der Waals surface area contributed by atoms with Crippen molar-refractivity contribution in [2.45, 2.75) is 0 Å². The molecule has 0 bridgehead atoms. The predicted octanol–water partition coefficient (Wildman–Crippen LogP) is 3.19. The molecule has 0 aliphatic heterocycles. The number of pyridine rings is 1. The molecule has 0 atom stereocenters. The Morgan fingerprint density at radius 2 is 1.90 bits per heavy atom. The number of hydrogen-bond donors (Lipinski definition) is 3. The number of aromatic nitrogens is 3. The van der Waals surface area contributed by atoms with E-state index in [0.717, 1.165) is 16.4 Å². The molecule has 0 aliphatic carbocycles. The summed E-state index contributed by atoms with van der Waals surface area (Å²) in [6.45, 7) is 0. The second-order valence-electron chi connectivity index (χ2n) is 4.85. The van der Waals surface area contributed by atoms with Gasteiger partial charge >= 0.3 is 0 Å². The van der Waals surface area contributed by atoms with Gasteiger partial charge in [-0.25, -0.2) is 4.98 Å². The van der Waals surface area contributed by atoms with Gasteiger partial charge in [-0.1, -0.05) is 6.07 Å². The van der Waals surface area contributed by atoms with E-state index in [1.807, 2.05) is 12.1 Å². The number of aromatic amines is 1. The Balaban J connectivity index is 1.97. The number of H-pyrrole nitrogens is 1. The molecular weight excluding hydrogens is 266 g/mol. The first-order valence-corrected chi connectivity index (χ1v) is 6.47. The molecule has 0 saturated heterocycles. The van der Waals surface area contributed by atoms with Crippen molar-refractivity contribution in [2.75, 3.05) is 0 Å². The highest BCUT2D eigenvalue weighted by atomic mass is 16.3. The zero-order chi connectivity index (χ0) is 14.4. The lowest BCUT2D eigenvalue weighted by Crippen LogP contribution is -1.83. The van der Waals surface area contributed by atoms with Crippen molar-refractivity contribution < 1.29 is 10.2 Å². The molecule has 2 heterocycles. The standard InChI is InChI=1S/C16H11N3O2/c20-10-2-4-11-9(7-10)1-3-12(15(11)21)16-18-13-5-6-17-8-14(13)19-16/h1-8,20-21H,(H,18,19). The van der Waals surface area contributed by atoms with E-state index in [1.54, 1.807) is 36.7 Å². The number of imidazole rings is 1. The van der Waals surface area contributed by atoms with E-state index >= 15 is 0 Å². The van der Waals surface area contributed by atoms with E-state index in [0.29, 0.717) is 16.8 Å². The van der Waals surface area contributed by atoms with E-state index in [2.05, 4.69) is 15.0 Å². The summed E-state index contributed by atoms with van der Waals surface area (Å²) in [7, 11) is 0. The molecule has 0 unspecified atom stereocenters. The predicted molar refractivity (Wildman–Crippen MR) is 80.2 cm³/mol. The quantitative estimate of drug-likeness (QED) is 0.499. The minimum atomic E-state index is 0.138. The zero-order valence-electron chi connectivity index (χ0n) is 10.9. The Morgan fingerprint density at radius 3 is 2.76 bits per heavy atom. The molecule has 5 nitrogen and oxygen atoms in total. The largest absolute Gasteiger partial charge is 0.508 e. The van der Waals surface area contributed by atoms with Crippen LogP contribution < -0.4 is 0 Å². The molecule has 3 N–H and O–H groups in total. The second kappa shape index (κ2) is 4.21. The summed E-state index contributed by atoms with van der Waals surface area (Å²) < 4.78 is 0. The lowest BCUT2D eigenvalue weighted by atomic mass is 10.0. The normalized spacial score (nSPS) is 11.2. The fourth-order valence-corrected chi connectivity index (χ4v) is 2.48. The van der Waals surface area contributed by atoms with Crippen LogP contribution in [-0.2, 0) is 0 Å². The average molecular weight is 277 g/mol. The van der Waals surface area contributed by atoms with Gasteiger partial charge in [0.1, 0.15) is 22.8 Å². The minimum absolute atomic E-state index is 0.138. The lowest BCUT2D eigenvalue weighted by Gasteiger charge is -2.06. The molecule has 4 aromatic rings. The summed E-state index contributed by atoms with van der Waals surface area (Å²) >= 11 is 0. The van der Waals surface area contributed by atoms with E-state index in [1.165, 1.54) is 0 Å². The number of hydrogen-bond acceptors (Lipinski definition) is 4. The van der Waals surface area contributed by atoms with Crippen LogP contribution in [0.5, 0.6) is 11.5 Å². The van der Waals surface area contributed by atoms with Crippen molar-refractivity contribution in [1.82, 2.24) is 15.0 Å². The maximum Gasteiger partial charge on any atom is 0.142 e. The summed E-state index contributed by atoms with van der Waals surface area (Å²) in [5, 5.41) is 21.4. The smallest absolute Gasteiger partial charge is 0.142 e. The molecule has 5 heteroatoms. The first kappa shape index (κ1) is 11.7. The van der Waals surface area contributed by atoms with Gasteiger partial charge in [0.05, 0.1) is 17.3 Å². The number of phenols is 2. The molecular formula is C16H11N3O2. The number of nitrogens with one attached hydrogen (secondary N) is 1. The number of fused-ring (bicyclic) bond motifs is 2. The molecule has 0 spiro atoms. The van der Waals surface area contributed by atoms with Crippen molar-refractivity contribution >= 4 is 21.8 Å². The van der Waals surface area contributed by atoms with Gasteiger partial charge < -0.3 is 15.2 Å². The number of nitrogens with zero attached hydrogens (tertiary/aromatic N) is 2. The SMILES string of the molecule is Oc1ccc2c(O)c(-c3nc4cnccc4[nH]3)ccc2c1. The first-order chi connectivity index (χ1) is 10.2. The molecule has 102 valence electrons. The maximum atomic E-state index is 10.5. The fourth-order valence-electron chi connectivity index (χ4n) is 2.48. The molecule has 21 heavy (non-hydrogen) atoms.